The molecule has 19 heavy (non-hydrogen) atoms. The van der Waals surface area contributed by atoms with E-state index in [1.54, 1.807) is 29.7 Å². The predicted octanol–water partition coefficient (Wildman–Crippen LogP) is 3.19. The summed E-state index contributed by atoms with van der Waals surface area (Å²) in [6.07, 6.45) is 2.45. The molecule has 1 atom stereocenters. The highest BCUT2D eigenvalue weighted by atomic mass is 32.1. The van der Waals surface area contributed by atoms with E-state index in [1.165, 1.54) is 9.75 Å². The summed E-state index contributed by atoms with van der Waals surface area (Å²) >= 11 is 1.76. The van der Waals surface area contributed by atoms with Gasteiger partial charge in [0.05, 0.1) is 0 Å². The van der Waals surface area contributed by atoms with E-state index in [2.05, 4.69) is 29.4 Å². The molecule has 2 rings (SSSR count). The van der Waals surface area contributed by atoms with E-state index in [0.29, 0.717) is 5.82 Å². The van der Waals surface area contributed by atoms with Gasteiger partial charge in [0.25, 0.3) is 0 Å². The maximum Gasteiger partial charge on any atom is 0.339 e. The van der Waals surface area contributed by atoms with E-state index < -0.39 is 5.97 Å². The van der Waals surface area contributed by atoms with Crippen molar-refractivity contribution in [2.45, 2.75) is 26.3 Å². The normalized spacial score (nSPS) is 12.1. The molecule has 1 unspecified atom stereocenters. The lowest BCUT2D eigenvalue weighted by atomic mass is 10.2. The second-order valence-corrected chi connectivity index (χ2v) is 5.84. The van der Waals surface area contributed by atoms with Gasteiger partial charge in [-0.1, -0.05) is 0 Å². The number of aromatic nitrogens is 1. The van der Waals surface area contributed by atoms with E-state index in [4.69, 9.17) is 5.11 Å². The first-order valence-corrected chi connectivity index (χ1v) is 6.88. The van der Waals surface area contributed by atoms with E-state index >= 15 is 0 Å². The van der Waals surface area contributed by atoms with Gasteiger partial charge in [0.15, 0.2) is 0 Å². The van der Waals surface area contributed by atoms with Crippen LogP contribution in [0.2, 0.25) is 0 Å². The van der Waals surface area contributed by atoms with Crippen LogP contribution in [0.15, 0.2) is 30.5 Å². The quantitative estimate of drug-likeness (QED) is 0.880. The molecular weight excluding hydrogens is 260 g/mol. The minimum Gasteiger partial charge on any atom is -0.478 e. The Morgan fingerprint density at radius 1 is 1.47 bits per heavy atom. The SMILES string of the molecule is Cc1ccc(CC(C)Nc2ncccc2C(=O)O)s1. The molecular formula is C14H16N2O2S. The number of hydrogen-bond donors (Lipinski definition) is 2. The molecule has 2 N–H and O–H groups in total. The van der Waals surface area contributed by atoms with Gasteiger partial charge < -0.3 is 10.4 Å². The van der Waals surface area contributed by atoms with Crippen molar-refractivity contribution in [3.05, 3.63) is 45.8 Å². The fourth-order valence-corrected chi connectivity index (χ4v) is 2.89. The van der Waals surface area contributed by atoms with Crippen LogP contribution in [0, 0.1) is 6.92 Å². The molecule has 0 saturated carbocycles. The topological polar surface area (TPSA) is 62.2 Å². The number of carbonyl (C=O) groups is 1. The molecule has 2 aromatic rings. The zero-order valence-electron chi connectivity index (χ0n) is 10.9. The molecule has 0 radical (unpaired) electrons. The largest absolute Gasteiger partial charge is 0.478 e. The Balaban J connectivity index is 2.06. The summed E-state index contributed by atoms with van der Waals surface area (Å²) < 4.78 is 0. The van der Waals surface area contributed by atoms with Crippen molar-refractivity contribution in [2.75, 3.05) is 5.32 Å². The number of carboxylic acids is 1. The van der Waals surface area contributed by atoms with Gasteiger partial charge in [0, 0.05) is 28.4 Å². The van der Waals surface area contributed by atoms with Gasteiger partial charge in [-0.05, 0) is 38.1 Å². The third kappa shape index (κ3) is 3.54. The summed E-state index contributed by atoms with van der Waals surface area (Å²) in [7, 11) is 0. The van der Waals surface area contributed by atoms with Crippen LogP contribution in [0.3, 0.4) is 0 Å². The summed E-state index contributed by atoms with van der Waals surface area (Å²) in [6.45, 7) is 4.10. The van der Waals surface area contributed by atoms with Crippen molar-refractivity contribution in [3.63, 3.8) is 0 Å². The average Bonchev–Trinajstić information content (AvgIpc) is 2.75. The zero-order chi connectivity index (χ0) is 13.8. The Morgan fingerprint density at radius 3 is 2.89 bits per heavy atom. The summed E-state index contributed by atoms with van der Waals surface area (Å²) in [5, 5.41) is 12.3. The maximum absolute atomic E-state index is 11.1. The molecule has 0 bridgehead atoms. The second kappa shape index (κ2) is 5.84. The van der Waals surface area contributed by atoms with Crippen LogP contribution in [0.5, 0.6) is 0 Å². The highest BCUT2D eigenvalue weighted by molar-refractivity contribution is 7.11. The molecule has 5 heteroatoms. The molecule has 0 aliphatic heterocycles. The number of aryl methyl sites for hydroxylation is 1. The van der Waals surface area contributed by atoms with E-state index in [0.717, 1.165) is 6.42 Å². The number of pyridine rings is 1. The minimum atomic E-state index is -0.963. The van der Waals surface area contributed by atoms with Gasteiger partial charge >= 0.3 is 5.97 Å². The smallest absolute Gasteiger partial charge is 0.339 e. The Bertz CT molecular complexity index is 580. The maximum atomic E-state index is 11.1. The van der Waals surface area contributed by atoms with Crippen molar-refractivity contribution >= 4 is 23.1 Å². The first-order chi connectivity index (χ1) is 9.06. The average molecular weight is 276 g/mol. The molecule has 0 aliphatic rings. The third-order valence-corrected chi connectivity index (χ3v) is 3.75. The van der Waals surface area contributed by atoms with Crippen LogP contribution in [-0.2, 0) is 6.42 Å². The van der Waals surface area contributed by atoms with Gasteiger partial charge in [-0.25, -0.2) is 9.78 Å². The summed E-state index contributed by atoms with van der Waals surface area (Å²) in [5.41, 5.74) is 0.205. The Morgan fingerprint density at radius 2 is 2.26 bits per heavy atom. The van der Waals surface area contributed by atoms with Crippen LogP contribution < -0.4 is 5.32 Å². The Labute approximate surface area is 116 Å². The fourth-order valence-electron chi connectivity index (χ4n) is 1.87. The Kier molecular flexibility index (Phi) is 4.16. The minimum absolute atomic E-state index is 0.131. The first-order valence-electron chi connectivity index (χ1n) is 6.06. The van der Waals surface area contributed by atoms with Crippen molar-refractivity contribution < 1.29 is 9.90 Å². The number of rotatable bonds is 5. The second-order valence-electron chi connectivity index (χ2n) is 4.47. The molecule has 100 valence electrons. The Hall–Kier alpha value is -1.88. The van der Waals surface area contributed by atoms with E-state index in [9.17, 15) is 4.79 Å². The molecule has 0 amide bonds. The monoisotopic (exact) mass is 276 g/mol. The predicted molar refractivity (Wildman–Crippen MR) is 77.0 cm³/mol. The van der Waals surface area contributed by atoms with Gasteiger partial charge in [-0.15, -0.1) is 11.3 Å². The van der Waals surface area contributed by atoms with Gasteiger partial charge in [0.1, 0.15) is 11.4 Å². The molecule has 2 aromatic heterocycles. The van der Waals surface area contributed by atoms with Gasteiger partial charge in [-0.2, -0.15) is 0 Å². The number of carboxylic acid groups (broad SMARTS) is 1. The van der Waals surface area contributed by atoms with Crippen LogP contribution in [0.1, 0.15) is 27.0 Å². The highest BCUT2D eigenvalue weighted by Crippen LogP contribution is 2.19. The molecule has 0 spiro atoms. The lowest BCUT2D eigenvalue weighted by Gasteiger charge is -2.15. The number of anilines is 1. The number of thiophene rings is 1. The molecule has 0 fully saturated rings. The number of nitrogens with one attached hydrogen (secondary N) is 1. The van der Waals surface area contributed by atoms with Crippen LogP contribution in [0.4, 0.5) is 5.82 Å². The van der Waals surface area contributed by atoms with Crippen LogP contribution in [-0.4, -0.2) is 22.1 Å². The summed E-state index contributed by atoms with van der Waals surface area (Å²) in [6, 6.07) is 7.51. The number of hydrogen-bond acceptors (Lipinski definition) is 4. The number of aromatic carboxylic acids is 1. The number of nitrogens with zero attached hydrogens (tertiary/aromatic N) is 1. The lowest BCUT2D eigenvalue weighted by Crippen LogP contribution is -2.20. The van der Waals surface area contributed by atoms with E-state index in [1.807, 2.05) is 6.92 Å². The summed E-state index contributed by atoms with van der Waals surface area (Å²) in [4.78, 5) is 17.8. The zero-order valence-corrected chi connectivity index (χ0v) is 11.7. The lowest BCUT2D eigenvalue weighted by molar-refractivity contribution is 0.0697. The van der Waals surface area contributed by atoms with Crippen molar-refractivity contribution in [2.24, 2.45) is 0 Å². The molecule has 4 nitrogen and oxygen atoms in total. The third-order valence-electron chi connectivity index (χ3n) is 2.72. The van der Waals surface area contributed by atoms with Crippen molar-refractivity contribution in [1.82, 2.24) is 4.98 Å². The van der Waals surface area contributed by atoms with Crippen molar-refractivity contribution in [3.8, 4) is 0 Å². The van der Waals surface area contributed by atoms with Gasteiger partial charge in [-0.3, -0.25) is 0 Å². The van der Waals surface area contributed by atoms with Crippen LogP contribution >= 0.6 is 11.3 Å². The molecule has 0 aliphatic carbocycles. The molecule has 0 aromatic carbocycles. The first kappa shape index (κ1) is 13.5. The standard InChI is InChI=1S/C14H16N2O2S/c1-9(8-11-6-5-10(2)19-11)16-13-12(14(17)18)4-3-7-15-13/h3-7,9H,8H2,1-2H3,(H,15,16)(H,17,18). The van der Waals surface area contributed by atoms with Crippen molar-refractivity contribution in [1.29, 1.82) is 0 Å². The van der Waals surface area contributed by atoms with Gasteiger partial charge in [0.2, 0.25) is 0 Å². The molecule has 0 saturated heterocycles. The van der Waals surface area contributed by atoms with Crippen LogP contribution in [0.25, 0.3) is 0 Å². The molecule has 2 heterocycles. The summed E-state index contributed by atoms with van der Waals surface area (Å²) in [5.74, 6) is -0.537. The fraction of sp³-hybridized carbons (Fsp3) is 0.286. The highest BCUT2D eigenvalue weighted by Gasteiger charge is 2.13. The van der Waals surface area contributed by atoms with E-state index in [-0.39, 0.29) is 11.6 Å².